The van der Waals surface area contributed by atoms with Gasteiger partial charge in [-0.2, -0.15) is 0 Å². The van der Waals surface area contributed by atoms with Crippen LogP contribution in [0, 0.1) is 13.3 Å². The van der Waals surface area contributed by atoms with Crippen LogP contribution >= 0.6 is 0 Å². The van der Waals surface area contributed by atoms with E-state index in [1.807, 2.05) is 0 Å². The summed E-state index contributed by atoms with van der Waals surface area (Å²) in [5.74, 6) is 1.56. The van der Waals surface area contributed by atoms with Crippen molar-refractivity contribution in [2.75, 3.05) is 23.3 Å². The molecule has 1 aromatic rings. The van der Waals surface area contributed by atoms with E-state index in [9.17, 15) is 4.79 Å². The Morgan fingerprint density at radius 3 is 2.50 bits per heavy atom. The molecule has 1 aliphatic heterocycles. The van der Waals surface area contributed by atoms with E-state index < -0.39 is 5.91 Å². The summed E-state index contributed by atoms with van der Waals surface area (Å²) in [6.07, 6.45) is 11.4. The van der Waals surface area contributed by atoms with E-state index in [1.165, 1.54) is 38.5 Å². The van der Waals surface area contributed by atoms with Crippen molar-refractivity contribution in [3.05, 3.63) is 19.3 Å². The van der Waals surface area contributed by atoms with Crippen LogP contribution in [-0.2, 0) is 32.7 Å². The fourth-order valence-electron chi connectivity index (χ4n) is 3.83. The Hall–Kier alpha value is -0.746. The normalized spacial score (nSPS) is 21.1. The number of aromatic nitrogens is 2. The maximum atomic E-state index is 11.7. The number of carbonyl (C=O) groups is 1. The van der Waals surface area contributed by atoms with E-state index in [0.717, 1.165) is 31.7 Å². The van der Waals surface area contributed by atoms with Crippen LogP contribution in [0.1, 0.15) is 68.8 Å². The van der Waals surface area contributed by atoms with Crippen LogP contribution < -0.4 is 16.0 Å². The summed E-state index contributed by atoms with van der Waals surface area (Å²) in [6.45, 7) is 4.26. The minimum Gasteiger partial charge on any atom is -0.365 e. The molecule has 0 spiro atoms. The molecule has 2 aliphatic rings. The minimum absolute atomic E-state index is 0. The van der Waals surface area contributed by atoms with E-state index in [4.69, 9.17) is 10.7 Å². The SMILES string of the molecule is CC1CCCN(c2cnc(C(N)=O)c(NC3CCCCCC3)n2)C1.[CH3-].[Y]. The van der Waals surface area contributed by atoms with Gasteiger partial charge in [-0.05, 0) is 31.6 Å². The number of primary amides is 1. The second-order valence-corrected chi connectivity index (χ2v) is 7.32. The number of anilines is 2. The van der Waals surface area contributed by atoms with Crippen LogP contribution in [0.3, 0.4) is 0 Å². The number of nitrogens with zero attached hydrogens (tertiary/aromatic N) is 3. The van der Waals surface area contributed by atoms with E-state index in [-0.39, 0.29) is 45.8 Å². The molecule has 26 heavy (non-hydrogen) atoms. The Balaban J connectivity index is 0.00000169. The van der Waals surface area contributed by atoms with Gasteiger partial charge in [-0.1, -0.05) is 32.6 Å². The molecule has 7 heteroatoms. The summed E-state index contributed by atoms with van der Waals surface area (Å²) in [4.78, 5) is 23.1. The zero-order chi connectivity index (χ0) is 16.9. The summed E-state index contributed by atoms with van der Waals surface area (Å²) < 4.78 is 0. The molecule has 0 aromatic carbocycles. The van der Waals surface area contributed by atoms with E-state index in [2.05, 4.69) is 22.1 Å². The first-order valence-corrected chi connectivity index (χ1v) is 9.32. The third-order valence-electron chi connectivity index (χ3n) is 5.17. The van der Waals surface area contributed by atoms with E-state index >= 15 is 0 Å². The van der Waals surface area contributed by atoms with Gasteiger partial charge in [0.2, 0.25) is 0 Å². The van der Waals surface area contributed by atoms with Crippen molar-refractivity contribution in [1.29, 1.82) is 0 Å². The molecule has 1 radical (unpaired) electrons. The zero-order valence-corrected chi connectivity index (χ0v) is 19.0. The van der Waals surface area contributed by atoms with Crippen molar-refractivity contribution in [3.8, 4) is 0 Å². The molecule has 6 nitrogen and oxygen atoms in total. The topological polar surface area (TPSA) is 84.1 Å². The molecule has 1 saturated heterocycles. The van der Waals surface area contributed by atoms with Gasteiger partial charge in [0.1, 0.15) is 5.82 Å². The third kappa shape index (κ3) is 6.16. The van der Waals surface area contributed by atoms with Crippen molar-refractivity contribution in [3.63, 3.8) is 0 Å². The molecule has 1 aromatic heterocycles. The van der Waals surface area contributed by atoms with Crippen LogP contribution in [0.2, 0.25) is 0 Å². The molecule has 3 N–H and O–H groups in total. The van der Waals surface area contributed by atoms with Gasteiger partial charge in [0.05, 0.1) is 6.20 Å². The van der Waals surface area contributed by atoms with Crippen molar-refractivity contribution in [2.45, 2.75) is 64.3 Å². The summed E-state index contributed by atoms with van der Waals surface area (Å²) in [6, 6.07) is 0.357. The monoisotopic (exact) mass is 435 g/mol. The zero-order valence-electron chi connectivity index (χ0n) is 16.2. The first kappa shape index (κ1) is 23.3. The van der Waals surface area contributed by atoms with E-state index in [0.29, 0.717) is 17.8 Å². The van der Waals surface area contributed by atoms with Gasteiger partial charge in [-0.3, -0.25) is 4.79 Å². The van der Waals surface area contributed by atoms with Gasteiger partial charge in [-0.15, -0.1) is 0 Å². The second kappa shape index (κ2) is 11.2. The molecule has 1 saturated carbocycles. The van der Waals surface area contributed by atoms with Gasteiger partial charge in [0.15, 0.2) is 11.5 Å². The van der Waals surface area contributed by atoms with Gasteiger partial charge < -0.3 is 23.4 Å². The predicted molar refractivity (Wildman–Crippen MR) is 103 cm³/mol. The molecule has 2 fully saturated rings. The number of rotatable bonds is 4. The molecule has 3 rings (SSSR count). The number of piperidine rings is 1. The molecule has 1 aliphatic carbocycles. The average molecular weight is 435 g/mol. The van der Waals surface area contributed by atoms with Crippen LogP contribution in [0.4, 0.5) is 11.6 Å². The molecule has 1 atom stereocenters. The van der Waals surface area contributed by atoms with Gasteiger partial charge in [0, 0.05) is 51.8 Å². The van der Waals surface area contributed by atoms with Gasteiger partial charge in [-0.25, -0.2) is 9.97 Å². The van der Waals surface area contributed by atoms with Gasteiger partial charge in [0.25, 0.3) is 5.91 Å². The predicted octanol–water partition coefficient (Wildman–Crippen LogP) is 3.39. The van der Waals surface area contributed by atoms with Crippen LogP contribution in [0.25, 0.3) is 0 Å². The number of hydrogen-bond acceptors (Lipinski definition) is 5. The molecule has 1 amide bonds. The van der Waals surface area contributed by atoms with Crippen molar-refractivity contribution >= 4 is 17.5 Å². The maximum absolute atomic E-state index is 11.7. The summed E-state index contributed by atoms with van der Waals surface area (Å²) in [5, 5.41) is 3.46. The standard InChI is InChI=1S/C18H29N5O.CH3.Y/c1-13-7-6-10-23(12-13)15-11-20-16(17(19)24)18(22-15)21-14-8-4-2-3-5-9-14;;/h11,13-14H,2-10,12H2,1H3,(H2,19,24)(H,21,22);1H3;/q;-1;. The number of amides is 1. The second-order valence-electron chi connectivity index (χ2n) is 7.32. The Labute approximate surface area is 183 Å². The molecule has 0 bridgehead atoms. The van der Waals surface area contributed by atoms with Gasteiger partial charge >= 0.3 is 0 Å². The molecule has 143 valence electrons. The van der Waals surface area contributed by atoms with E-state index in [1.54, 1.807) is 6.20 Å². The average Bonchev–Trinajstić information content (AvgIpc) is 2.83. The summed E-state index contributed by atoms with van der Waals surface area (Å²) >= 11 is 0. The Morgan fingerprint density at radius 2 is 1.88 bits per heavy atom. The third-order valence-corrected chi connectivity index (χ3v) is 5.17. The summed E-state index contributed by atoms with van der Waals surface area (Å²) in [7, 11) is 0. The smallest absolute Gasteiger partial charge is 0.271 e. The van der Waals surface area contributed by atoms with Crippen LogP contribution in [0.15, 0.2) is 6.20 Å². The Bertz CT molecular complexity index is 575. The largest absolute Gasteiger partial charge is 0.365 e. The summed E-state index contributed by atoms with van der Waals surface area (Å²) in [5.41, 5.74) is 5.76. The van der Waals surface area contributed by atoms with Crippen LogP contribution in [0.5, 0.6) is 0 Å². The Morgan fingerprint density at radius 1 is 1.19 bits per heavy atom. The fourth-order valence-corrected chi connectivity index (χ4v) is 3.83. The number of nitrogens with two attached hydrogens (primary N) is 1. The minimum atomic E-state index is -0.516. The molecular weight excluding hydrogens is 403 g/mol. The number of hydrogen-bond donors (Lipinski definition) is 2. The molecule has 1 unspecified atom stereocenters. The molecule has 2 heterocycles. The fraction of sp³-hybridized carbons (Fsp3) is 0.684. The quantitative estimate of drug-likeness (QED) is 0.560. The first-order valence-electron chi connectivity index (χ1n) is 9.32. The first-order chi connectivity index (χ1) is 11.6. The Kier molecular flexibility index (Phi) is 10.0. The van der Waals surface area contributed by atoms with Crippen LogP contribution in [-0.4, -0.2) is 35.0 Å². The number of carbonyl (C=O) groups excluding carboxylic acids is 1. The number of nitrogens with one attached hydrogen (secondary N) is 1. The molecular formula is C19H32N5OY-. The van der Waals surface area contributed by atoms with Crippen molar-refractivity contribution in [2.24, 2.45) is 11.7 Å². The maximum Gasteiger partial charge on any atom is 0.271 e. The van der Waals surface area contributed by atoms with Crippen molar-refractivity contribution in [1.82, 2.24) is 9.97 Å². The van der Waals surface area contributed by atoms with Crippen molar-refractivity contribution < 1.29 is 37.5 Å².